The summed E-state index contributed by atoms with van der Waals surface area (Å²) >= 11 is 0. The van der Waals surface area contributed by atoms with Gasteiger partial charge >= 0.3 is 0 Å². The summed E-state index contributed by atoms with van der Waals surface area (Å²) in [5.41, 5.74) is 3.92. The molecule has 0 N–H and O–H groups in total. The van der Waals surface area contributed by atoms with Crippen molar-refractivity contribution in [3.63, 3.8) is 0 Å². The Balaban J connectivity index is 2.19. The Bertz CT molecular complexity index is 442. The van der Waals surface area contributed by atoms with Crippen molar-refractivity contribution in [3.8, 4) is 0 Å². The minimum atomic E-state index is 0.239. The summed E-state index contributed by atoms with van der Waals surface area (Å²) in [6, 6.07) is 6.47. The summed E-state index contributed by atoms with van der Waals surface area (Å²) in [7, 11) is 0. The van der Waals surface area contributed by atoms with E-state index >= 15 is 0 Å². The van der Waals surface area contributed by atoms with Gasteiger partial charge in [-0.05, 0) is 31.4 Å². The third-order valence-corrected chi connectivity index (χ3v) is 3.80. The van der Waals surface area contributed by atoms with Gasteiger partial charge in [-0.25, -0.2) is 0 Å². The first-order valence-corrected chi connectivity index (χ1v) is 5.39. The Morgan fingerprint density at radius 1 is 1.36 bits per heavy atom. The van der Waals surface area contributed by atoms with Gasteiger partial charge in [0.25, 0.3) is 0 Å². The molecule has 0 aromatic heterocycles. The van der Waals surface area contributed by atoms with E-state index in [4.69, 9.17) is 1.37 Å². The van der Waals surface area contributed by atoms with Gasteiger partial charge < -0.3 is 0 Å². The van der Waals surface area contributed by atoms with E-state index in [-0.39, 0.29) is 5.41 Å². The van der Waals surface area contributed by atoms with Crippen LogP contribution in [0.25, 0.3) is 0 Å². The standard InChI is InChI=1S/C13H15N/c1-10-13(8-4-5-9-13)11-6-2-3-7-12(11)14-10/h2-3,6-7H,4-5,8-9H2,1H3/i3D. The van der Waals surface area contributed by atoms with Gasteiger partial charge in [0.15, 0.2) is 0 Å². The number of hydrogen-bond donors (Lipinski definition) is 0. The number of para-hydroxylation sites is 1. The lowest BCUT2D eigenvalue weighted by molar-refractivity contribution is 0.610. The second kappa shape index (κ2) is 2.69. The molecular weight excluding hydrogens is 170 g/mol. The van der Waals surface area contributed by atoms with Gasteiger partial charge in [0.2, 0.25) is 0 Å². The second-order valence-corrected chi connectivity index (χ2v) is 4.43. The first kappa shape index (κ1) is 7.22. The van der Waals surface area contributed by atoms with Crippen LogP contribution < -0.4 is 0 Å². The molecule has 72 valence electrons. The maximum atomic E-state index is 7.62. The summed E-state index contributed by atoms with van der Waals surface area (Å²) in [6.07, 6.45) is 5.11. The van der Waals surface area contributed by atoms with Gasteiger partial charge in [0.05, 0.1) is 7.06 Å². The van der Waals surface area contributed by atoms with E-state index in [9.17, 15) is 0 Å². The van der Waals surface area contributed by atoms with Crippen LogP contribution in [0.5, 0.6) is 0 Å². The molecule has 1 fully saturated rings. The fraction of sp³-hybridized carbons (Fsp3) is 0.462. The number of fused-ring (bicyclic) bond motifs is 2. The maximum absolute atomic E-state index is 7.62. The SMILES string of the molecule is [2H]c1ccc2c(c1)N=C(C)C21CCCC1. The molecular formula is C13H15N. The maximum Gasteiger partial charge on any atom is 0.0670 e. The topological polar surface area (TPSA) is 12.4 Å². The zero-order valence-corrected chi connectivity index (χ0v) is 8.51. The highest BCUT2D eigenvalue weighted by Crippen LogP contribution is 2.49. The smallest absolute Gasteiger partial charge is 0.0670 e. The van der Waals surface area contributed by atoms with Gasteiger partial charge in [-0.2, -0.15) is 0 Å². The van der Waals surface area contributed by atoms with Gasteiger partial charge in [0.1, 0.15) is 0 Å². The highest BCUT2D eigenvalue weighted by molar-refractivity contribution is 6.00. The van der Waals surface area contributed by atoms with Gasteiger partial charge in [0, 0.05) is 11.1 Å². The molecule has 0 amide bonds. The fourth-order valence-corrected chi connectivity index (χ4v) is 3.01. The summed E-state index contributed by atoms with van der Waals surface area (Å²) in [5, 5.41) is 0. The average Bonchev–Trinajstić information content (AvgIpc) is 2.76. The molecule has 3 rings (SSSR count). The van der Waals surface area contributed by atoms with Crippen LogP contribution in [-0.4, -0.2) is 5.71 Å². The molecule has 1 heteroatoms. The highest BCUT2D eigenvalue weighted by atomic mass is 14.8. The molecule has 1 aromatic carbocycles. The number of aliphatic imine (C=N–C) groups is 1. The molecule has 1 saturated carbocycles. The normalized spacial score (nSPS) is 23.5. The van der Waals surface area contributed by atoms with Crippen LogP contribution in [0.15, 0.2) is 29.2 Å². The van der Waals surface area contributed by atoms with Crippen LogP contribution in [0.2, 0.25) is 0 Å². The van der Waals surface area contributed by atoms with Crippen molar-refractivity contribution in [1.29, 1.82) is 0 Å². The molecule has 14 heavy (non-hydrogen) atoms. The molecule has 1 heterocycles. The largest absolute Gasteiger partial charge is 0.257 e. The molecule has 1 aliphatic heterocycles. The Hall–Kier alpha value is -1.11. The predicted octanol–water partition coefficient (Wildman–Crippen LogP) is 3.60. The monoisotopic (exact) mass is 186 g/mol. The van der Waals surface area contributed by atoms with Gasteiger partial charge in [-0.3, -0.25) is 4.99 Å². The molecule has 0 unspecified atom stereocenters. The minimum absolute atomic E-state index is 0.239. The zero-order chi connectivity index (χ0) is 10.5. The predicted molar refractivity (Wildman–Crippen MR) is 59.4 cm³/mol. The van der Waals surface area contributed by atoms with Crippen LogP contribution in [0.1, 0.15) is 39.5 Å². The number of rotatable bonds is 0. The average molecular weight is 186 g/mol. The molecule has 0 radical (unpaired) electrons. The Morgan fingerprint density at radius 3 is 2.93 bits per heavy atom. The summed E-state index contributed by atoms with van der Waals surface area (Å²) in [5.74, 6) is 0. The van der Waals surface area contributed by atoms with E-state index in [0.717, 1.165) is 5.69 Å². The van der Waals surface area contributed by atoms with E-state index in [1.165, 1.54) is 37.0 Å². The molecule has 0 atom stereocenters. The van der Waals surface area contributed by atoms with E-state index in [1.807, 2.05) is 12.1 Å². The molecule has 2 aliphatic rings. The fourth-order valence-electron chi connectivity index (χ4n) is 3.01. The molecule has 1 aliphatic carbocycles. The van der Waals surface area contributed by atoms with E-state index in [2.05, 4.69) is 18.0 Å². The van der Waals surface area contributed by atoms with Crippen molar-refractivity contribution in [2.24, 2.45) is 4.99 Å². The lowest BCUT2D eigenvalue weighted by Gasteiger charge is -2.24. The summed E-state index contributed by atoms with van der Waals surface area (Å²) in [6.45, 7) is 2.15. The van der Waals surface area contributed by atoms with Crippen molar-refractivity contribution < 1.29 is 1.37 Å². The Morgan fingerprint density at radius 2 is 2.14 bits per heavy atom. The van der Waals surface area contributed by atoms with Gasteiger partial charge in [-0.15, -0.1) is 0 Å². The third-order valence-electron chi connectivity index (χ3n) is 3.80. The van der Waals surface area contributed by atoms with E-state index in [1.54, 1.807) is 0 Å². The molecule has 0 saturated heterocycles. The number of hydrogen-bond acceptors (Lipinski definition) is 1. The highest BCUT2D eigenvalue weighted by Gasteiger charge is 2.42. The third kappa shape index (κ3) is 0.875. The quantitative estimate of drug-likeness (QED) is 0.587. The Kier molecular flexibility index (Phi) is 1.39. The lowest BCUT2D eigenvalue weighted by Crippen LogP contribution is -2.27. The lowest BCUT2D eigenvalue weighted by atomic mass is 9.77. The second-order valence-electron chi connectivity index (χ2n) is 4.43. The van der Waals surface area contributed by atoms with Crippen LogP contribution in [-0.2, 0) is 5.41 Å². The van der Waals surface area contributed by atoms with Crippen molar-refractivity contribution in [1.82, 2.24) is 0 Å². The van der Waals surface area contributed by atoms with Crippen molar-refractivity contribution >= 4 is 11.4 Å². The van der Waals surface area contributed by atoms with Crippen LogP contribution >= 0.6 is 0 Å². The van der Waals surface area contributed by atoms with Crippen molar-refractivity contribution in [3.05, 3.63) is 29.8 Å². The number of benzene rings is 1. The van der Waals surface area contributed by atoms with Gasteiger partial charge in [-0.1, -0.05) is 31.0 Å². The minimum Gasteiger partial charge on any atom is -0.257 e. The van der Waals surface area contributed by atoms with Crippen LogP contribution in [0.4, 0.5) is 5.69 Å². The van der Waals surface area contributed by atoms with Crippen molar-refractivity contribution in [2.75, 3.05) is 0 Å². The first-order chi connectivity index (χ1) is 7.22. The van der Waals surface area contributed by atoms with Crippen LogP contribution in [0, 0.1) is 0 Å². The molecule has 0 bridgehead atoms. The molecule has 1 spiro atoms. The first-order valence-electron chi connectivity index (χ1n) is 5.89. The zero-order valence-electron chi connectivity index (χ0n) is 9.51. The van der Waals surface area contributed by atoms with E-state index < -0.39 is 0 Å². The van der Waals surface area contributed by atoms with Crippen molar-refractivity contribution in [2.45, 2.75) is 38.0 Å². The summed E-state index contributed by atoms with van der Waals surface area (Å²) < 4.78 is 7.62. The Labute approximate surface area is 86.3 Å². The van der Waals surface area contributed by atoms with E-state index in [0.29, 0.717) is 6.04 Å². The molecule has 1 aromatic rings. The number of nitrogens with zero attached hydrogens (tertiary/aromatic N) is 1. The molecule has 1 nitrogen and oxygen atoms in total. The summed E-state index contributed by atoms with van der Waals surface area (Å²) in [4.78, 5) is 4.64. The van der Waals surface area contributed by atoms with Crippen LogP contribution in [0.3, 0.4) is 0 Å².